The lowest BCUT2D eigenvalue weighted by molar-refractivity contribution is 0.597. The lowest BCUT2D eigenvalue weighted by Gasteiger charge is -2.08. The Bertz CT molecular complexity index is 730. The molecule has 0 spiro atoms. The fourth-order valence-corrected chi connectivity index (χ4v) is 2.38. The molecule has 0 saturated carbocycles. The fourth-order valence-electron chi connectivity index (χ4n) is 1.86. The van der Waals surface area contributed by atoms with Crippen molar-refractivity contribution in [3.63, 3.8) is 0 Å². The van der Waals surface area contributed by atoms with Crippen molar-refractivity contribution in [2.45, 2.75) is 11.3 Å². The smallest absolute Gasteiger partial charge is 0.238 e. The van der Waals surface area contributed by atoms with Crippen molar-refractivity contribution >= 4 is 21.4 Å². The molecule has 0 unspecified atom stereocenters. The number of nitrogens with one attached hydrogen (secondary N) is 1. The van der Waals surface area contributed by atoms with Crippen LogP contribution in [0.5, 0.6) is 0 Å². The second kappa shape index (κ2) is 6.11. The minimum absolute atomic E-state index is 0.0730. The molecule has 0 aliphatic carbocycles. The van der Waals surface area contributed by atoms with E-state index >= 15 is 0 Å². The van der Waals surface area contributed by atoms with Crippen LogP contribution in [0.1, 0.15) is 5.56 Å². The zero-order chi connectivity index (χ0) is 15.5. The van der Waals surface area contributed by atoms with Gasteiger partial charge in [0.2, 0.25) is 10.0 Å². The fraction of sp³-hybridized carbons (Fsp3) is 0.143. The van der Waals surface area contributed by atoms with Gasteiger partial charge in [-0.2, -0.15) is 0 Å². The third kappa shape index (κ3) is 4.17. The van der Waals surface area contributed by atoms with Gasteiger partial charge in [-0.3, -0.25) is 0 Å². The molecule has 0 radical (unpaired) electrons. The molecule has 0 aromatic heterocycles. The van der Waals surface area contributed by atoms with E-state index in [-0.39, 0.29) is 4.90 Å². The first kappa shape index (κ1) is 15.3. The summed E-state index contributed by atoms with van der Waals surface area (Å²) in [5.41, 5.74) is 7.14. The summed E-state index contributed by atoms with van der Waals surface area (Å²) in [7, 11) is -3.67. The predicted molar refractivity (Wildman–Crippen MR) is 80.8 cm³/mol. The topological polar surface area (TPSA) is 98.2 Å². The van der Waals surface area contributed by atoms with E-state index in [0.29, 0.717) is 24.3 Å². The van der Waals surface area contributed by atoms with Crippen molar-refractivity contribution in [3.8, 4) is 0 Å². The molecular formula is C14H16FN3O2S. The van der Waals surface area contributed by atoms with E-state index in [2.05, 4.69) is 5.32 Å². The average Bonchev–Trinajstić information content (AvgIpc) is 2.41. The highest BCUT2D eigenvalue weighted by Gasteiger charge is 2.07. The molecule has 2 aromatic rings. The van der Waals surface area contributed by atoms with Gasteiger partial charge in [0.25, 0.3) is 0 Å². The number of hydrogen-bond donors (Lipinski definition) is 3. The molecular weight excluding hydrogens is 293 g/mol. The van der Waals surface area contributed by atoms with E-state index in [4.69, 9.17) is 10.9 Å². The van der Waals surface area contributed by atoms with Crippen LogP contribution in [0.3, 0.4) is 0 Å². The van der Waals surface area contributed by atoms with Gasteiger partial charge in [0.15, 0.2) is 0 Å². The van der Waals surface area contributed by atoms with E-state index in [1.165, 1.54) is 18.2 Å². The zero-order valence-electron chi connectivity index (χ0n) is 11.2. The third-order valence-electron chi connectivity index (χ3n) is 2.97. The Kier molecular flexibility index (Phi) is 4.44. The minimum atomic E-state index is -3.67. The third-order valence-corrected chi connectivity index (χ3v) is 3.90. The molecule has 0 bridgehead atoms. The molecule has 112 valence electrons. The van der Waals surface area contributed by atoms with Crippen LogP contribution in [0.15, 0.2) is 47.4 Å². The average molecular weight is 309 g/mol. The molecule has 7 heteroatoms. The molecule has 0 aliphatic heterocycles. The number of anilines is 2. The van der Waals surface area contributed by atoms with Gasteiger partial charge in [0.05, 0.1) is 10.6 Å². The maximum Gasteiger partial charge on any atom is 0.238 e. The second-order valence-electron chi connectivity index (χ2n) is 4.61. The van der Waals surface area contributed by atoms with E-state index in [0.717, 1.165) is 5.56 Å². The SMILES string of the molecule is Nc1ccc(NCCc2ccc(S(N)(=O)=O)cc2)c(F)c1. The number of nitrogen functional groups attached to an aromatic ring is 1. The summed E-state index contributed by atoms with van der Waals surface area (Å²) in [6.07, 6.45) is 0.620. The first-order valence-electron chi connectivity index (χ1n) is 6.27. The Morgan fingerprint density at radius 3 is 2.33 bits per heavy atom. The van der Waals surface area contributed by atoms with Crippen molar-refractivity contribution in [1.29, 1.82) is 0 Å². The first-order valence-corrected chi connectivity index (χ1v) is 7.81. The molecule has 5 N–H and O–H groups in total. The van der Waals surface area contributed by atoms with Crippen molar-refractivity contribution in [2.75, 3.05) is 17.6 Å². The summed E-state index contributed by atoms with van der Waals surface area (Å²) in [6.45, 7) is 0.509. The largest absolute Gasteiger partial charge is 0.399 e. The highest BCUT2D eigenvalue weighted by molar-refractivity contribution is 7.89. The monoisotopic (exact) mass is 309 g/mol. The molecule has 5 nitrogen and oxygen atoms in total. The maximum absolute atomic E-state index is 13.5. The van der Waals surface area contributed by atoms with E-state index < -0.39 is 15.8 Å². The van der Waals surface area contributed by atoms with Crippen molar-refractivity contribution in [3.05, 3.63) is 53.8 Å². The van der Waals surface area contributed by atoms with Gasteiger partial charge in [-0.1, -0.05) is 12.1 Å². The number of benzene rings is 2. The Hall–Kier alpha value is -2.12. The van der Waals surface area contributed by atoms with Crippen LogP contribution in [0.25, 0.3) is 0 Å². The van der Waals surface area contributed by atoms with Gasteiger partial charge in [-0.25, -0.2) is 17.9 Å². The van der Waals surface area contributed by atoms with Gasteiger partial charge in [-0.05, 0) is 42.3 Å². The molecule has 0 saturated heterocycles. The summed E-state index contributed by atoms with van der Waals surface area (Å²) in [6, 6.07) is 10.7. The van der Waals surface area contributed by atoms with Crippen molar-refractivity contribution < 1.29 is 12.8 Å². The lowest BCUT2D eigenvalue weighted by Crippen LogP contribution is -2.12. The van der Waals surface area contributed by atoms with E-state index in [9.17, 15) is 12.8 Å². The van der Waals surface area contributed by atoms with E-state index in [1.807, 2.05) is 0 Å². The maximum atomic E-state index is 13.5. The van der Waals surface area contributed by atoms with Crippen LogP contribution >= 0.6 is 0 Å². The Morgan fingerprint density at radius 2 is 1.76 bits per heavy atom. The highest BCUT2D eigenvalue weighted by Crippen LogP contribution is 2.17. The zero-order valence-corrected chi connectivity index (χ0v) is 12.0. The summed E-state index contributed by atoms with van der Waals surface area (Å²) in [5.74, 6) is -0.403. The molecule has 0 amide bonds. The van der Waals surface area contributed by atoms with Crippen LogP contribution in [-0.4, -0.2) is 15.0 Å². The molecule has 0 heterocycles. The summed E-state index contributed by atoms with van der Waals surface area (Å²) in [4.78, 5) is 0.0730. The summed E-state index contributed by atoms with van der Waals surface area (Å²) >= 11 is 0. The van der Waals surface area contributed by atoms with Crippen LogP contribution in [0, 0.1) is 5.82 Å². The minimum Gasteiger partial charge on any atom is -0.399 e. The van der Waals surface area contributed by atoms with Crippen LogP contribution in [-0.2, 0) is 16.4 Å². The number of hydrogen-bond acceptors (Lipinski definition) is 4. The number of primary sulfonamides is 1. The van der Waals surface area contributed by atoms with E-state index in [1.54, 1.807) is 24.3 Å². The number of halogens is 1. The number of sulfonamides is 1. The summed E-state index contributed by atoms with van der Waals surface area (Å²) < 4.78 is 35.8. The Morgan fingerprint density at radius 1 is 1.10 bits per heavy atom. The highest BCUT2D eigenvalue weighted by atomic mass is 32.2. The first-order chi connectivity index (χ1) is 9.86. The normalized spacial score (nSPS) is 11.3. The second-order valence-corrected chi connectivity index (χ2v) is 6.17. The number of nitrogens with two attached hydrogens (primary N) is 2. The summed E-state index contributed by atoms with van der Waals surface area (Å²) in [5, 5.41) is 7.98. The van der Waals surface area contributed by atoms with Crippen LogP contribution < -0.4 is 16.2 Å². The molecule has 0 aliphatic rings. The predicted octanol–water partition coefficient (Wildman–Crippen LogP) is 1.71. The molecule has 0 fully saturated rings. The van der Waals surface area contributed by atoms with Crippen molar-refractivity contribution in [2.24, 2.45) is 5.14 Å². The Balaban J connectivity index is 1.94. The van der Waals surface area contributed by atoms with Crippen LogP contribution in [0.4, 0.5) is 15.8 Å². The van der Waals surface area contributed by atoms with Gasteiger partial charge in [0, 0.05) is 12.2 Å². The van der Waals surface area contributed by atoms with Crippen molar-refractivity contribution in [1.82, 2.24) is 0 Å². The quantitative estimate of drug-likeness (QED) is 0.732. The lowest BCUT2D eigenvalue weighted by atomic mass is 10.1. The van der Waals surface area contributed by atoms with Gasteiger partial charge >= 0.3 is 0 Å². The molecule has 2 rings (SSSR count). The molecule has 21 heavy (non-hydrogen) atoms. The number of rotatable bonds is 5. The molecule has 2 aromatic carbocycles. The van der Waals surface area contributed by atoms with Gasteiger partial charge in [0.1, 0.15) is 5.82 Å². The standard InChI is InChI=1S/C14H16FN3O2S/c15-13-9-11(16)3-6-14(13)18-8-7-10-1-4-12(5-2-10)21(17,19)20/h1-6,9,18H,7-8,16H2,(H2,17,19,20). The van der Waals surface area contributed by atoms with Gasteiger partial charge < -0.3 is 11.1 Å². The molecule has 0 atom stereocenters. The van der Waals surface area contributed by atoms with Crippen LogP contribution in [0.2, 0.25) is 0 Å². The van der Waals surface area contributed by atoms with Gasteiger partial charge in [-0.15, -0.1) is 0 Å². The Labute approximate surface area is 122 Å².